The largest absolute Gasteiger partial charge is 0.346 e. The van der Waals surface area contributed by atoms with Gasteiger partial charge in [-0.3, -0.25) is 14.8 Å². The summed E-state index contributed by atoms with van der Waals surface area (Å²) in [5, 5.41) is 2.59. The molecule has 86 valence electrons. The Morgan fingerprint density at radius 3 is 2.88 bits per heavy atom. The fourth-order valence-corrected chi connectivity index (χ4v) is 1.33. The van der Waals surface area contributed by atoms with Gasteiger partial charge < -0.3 is 5.32 Å². The Morgan fingerprint density at radius 2 is 2.18 bits per heavy atom. The van der Waals surface area contributed by atoms with Crippen molar-refractivity contribution < 1.29 is 9.18 Å². The van der Waals surface area contributed by atoms with Crippen LogP contribution in [0.15, 0.2) is 42.9 Å². The van der Waals surface area contributed by atoms with Crippen LogP contribution in [-0.4, -0.2) is 15.9 Å². The van der Waals surface area contributed by atoms with Gasteiger partial charge in [-0.25, -0.2) is 4.39 Å². The second-order valence-corrected chi connectivity index (χ2v) is 3.36. The van der Waals surface area contributed by atoms with E-state index in [1.807, 2.05) is 6.07 Å². The highest BCUT2D eigenvalue weighted by Crippen LogP contribution is 2.04. The minimum Gasteiger partial charge on any atom is -0.346 e. The Labute approximate surface area is 97.5 Å². The van der Waals surface area contributed by atoms with Crippen molar-refractivity contribution >= 4 is 5.91 Å². The Bertz CT molecular complexity index is 516. The smallest absolute Gasteiger partial charge is 0.254 e. The molecule has 0 aromatic carbocycles. The van der Waals surface area contributed by atoms with E-state index in [0.29, 0.717) is 0 Å². The van der Waals surface area contributed by atoms with Crippen molar-refractivity contribution in [2.75, 3.05) is 0 Å². The summed E-state index contributed by atoms with van der Waals surface area (Å²) in [6.07, 6.45) is 4.02. The second-order valence-electron chi connectivity index (χ2n) is 3.36. The van der Waals surface area contributed by atoms with Crippen LogP contribution >= 0.6 is 0 Å². The summed E-state index contributed by atoms with van der Waals surface area (Å²) < 4.78 is 13.2. The summed E-state index contributed by atoms with van der Waals surface area (Å²) in [6, 6.07) is 6.72. The van der Waals surface area contributed by atoms with E-state index in [2.05, 4.69) is 15.3 Å². The Hall–Kier alpha value is -2.30. The van der Waals surface area contributed by atoms with Gasteiger partial charge in [0.05, 0.1) is 24.0 Å². The van der Waals surface area contributed by atoms with Crippen LogP contribution in [0.4, 0.5) is 4.39 Å². The molecule has 0 atom stereocenters. The van der Waals surface area contributed by atoms with Crippen molar-refractivity contribution in [1.82, 2.24) is 15.3 Å². The van der Waals surface area contributed by atoms with E-state index >= 15 is 0 Å². The molecule has 0 saturated carbocycles. The first-order valence-corrected chi connectivity index (χ1v) is 5.05. The number of carbonyl (C=O) groups excluding carboxylic acids is 1. The fourth-order valence-electron chi connectivity index (χ4n) is 1.33. The maximum absolute atomic E-state index is 13.2. The highest BCUT2D eigenvalue weighted by Gasteiger charge is 2.10. The van der Waals surface area contributed by atoms with Crippen LogP contribution < -0.4 is 5.32 Å². The quantitative estimate of drug-likeness (QED) is 0.871. The van der Waals surface area contributed by atoms with Crippen molar-refractivity contribution in [3.05, 3.63) is 59.9 Å². The van der Waals surface area contributed by atoms with E-state index in [-0.39, 0.29) is 12.1 Å². The molecule has 0 saturated heterocycles. The lowest BCUT2D eigenvalue weighted by molar-refractivity contribution is 0.0946. The van der Waals surface area contributed by atoms with E-state index in [1.54, 1.807) is 18.3 Å². The van der Waals surface area contributed by atoms with E-state index in [0.717, 1.165) is 11.9 Å². The SMILES string of the molecule is O=C(NCc1ccccn1)c1ccncc1F. The molecule has 0 aliphatic heterocycles. The Kier molecular flexibility index (Phi) is 3.40. The van der Waals surface area contributed by atoms with Gasteiger partial charge in [-0.05, 0) is 18.2 Å². The number of nitrogens with one attached hydrogen (secondary N) is 1. The van der Waals surface area contributed by atoms with Gasteiger partial charge in [0.2, 0.25) is 0 Å². The lowest BCUT2D eigenvalue weighted by Gasteiger charge is -2.04. The average molecular weight is 231 g/mol. The lowest BCUT2D eigenvalue weighted by atomic mass is 10.2. The Balaban J connectivity index is 2.01. The highest BCUT2D eigenvalue weighted by molar-refractivity contribution is 5.94. The van der Waals surface area contributed by atoms with Crippen molar-refractivity contribution in [2.24, 2.45) is 0 Å². The van der Waals surface area contributed by atoms with Gasteiger partial charge in [-0.15, -0.1) is 0 Å². The van der Waals surface area contributed by atoms with E-state index in [9.17, 15) is 9.18 Å². The first-order valence-electron chi connectivity index (χ1n) is 5.05. The summed E-state index contributed by atoms with van der Waals surface area (Å²) in [5.74, 6) is -1.11. The molecule has 0 spiro atoms. The zero-order valence-corrected chi connectivity index (χ0v) is 8.93. The fraction of sp³-hybridized carbons (Fsp3) is 0.0833. The minimum absolute atomic E-state index is 0.0177. The third-order valence-electron chi connectivity index (χ3n) is 2.17. The number of aromatic nitrogens is 2. The van der Waals surface area contributed by atoms with E-state index in [4.69, 9.17) is 0 Å². The van der Waals surface area contributed by atoms with Crippen molar-refractivity contribution in [2.45, 2.75) is 6.54 Å². The van der Waals surface area contributed by atoms with Gasteiger partial charge in [0.15, 0.2) is 5.82 Å². The van der Waals surface area contributed by atoms with Crippen LogP contribution in [0.1, 0.15) is 16.1 Å². The van der Waals surface area contributed by atoms with Crippen molar-refractivity contribution in [3.63, 3.8) is 0 Å². The van der Waals surface area contributed by atoms with Crippen LogP contribution in [0.2, 0.25) is 0 Å². The maximum Gasteiger partial charge on any atom is 0.254 e. The third kappa shape index (κ3) is 2.84. The normalized spacial score (nSPS) is 9.94. The van der Waals surface area contributed by atoms with Gasteiger partial charge >= 0.3 is 0 Å². The molecule has 1 amide bonds. The van der Waals surface area contributed by atoms with Crippen LogP contribution in [0.3, 0.4) is 0 Å². The third-order valence-corrected chi connectivity index (χ3v) is 2.17. The van der Waals surface area contributed by atoms with Crippen LogP contribution in [0.25, 0.3) is 0 Å². The number of hydrogen-bond donors (Lipinski definition) is 1. The molecule has 0 fully saturated rings. The van der Waals surface area contributed by atoms with E-state index < -0.39 is 11.7 Å². The minimum atomic E-state index is -0.633. The number of rotatable bonds is 3. The van der Waals surface area contributed by atoms with Gasteiger partial charge in [0.25, 0.3) is 5.91 Å². The molecule has 2 aromatic heterocycles. The molecule has 0 radical (unpaired) electrons. The molecule has 1 N–H and O–H groups in total. The molecular weight excluding hydrogens is 221 g/mol. The molecule has 2 aromatic rings. The molecule has 0 unspecified atom stereocenters. The van der Waals surface area contributed by atoms with Gasteiger partial charge in [0, 0.05) is 12.4 Å². The molecule has 5 heteroatoms. The summed E-state index contributed by atoms with van der Waals surface area (Å²) >= 11 is 0. The Morgan fingerprint density at radius 1 is 1.29 bits per heavy atom. The van der Waals surface area contributed by atoms with Gasteiger partial charge in [-0.1, -0.05) is 6.07 Å². The zero-order chi connectivity index (χ0) is 12.1. The second kappa shape index (κ2) is 5.16. The van der Waals surface area contributed by atoms with E-state index in [1.165, 1.54) is 12.3 Å². The van der Waals surface area contributed by atoms with Crippen molar-refractivity contribution in [1.29, 1.82) is 0 Å². The van der Waals surface area contributed by atoms with Gasteiger partial charge in [-0.2, -0.15) is 0 Å². The molecule has 0 aliphatic carbocycles. The topological polar surface area (TPSA) is 54.9 Å². The molecule has 2 heterocycles. The van der Waals surface area contributed by atoms with Gasteiger partial charge in [0.1, 0.15) is 0 Å². The molecule has 0 bridgehead atoms. The van der Waals surface area contributed by atoms with Crippen LogP contribution in [-0.2, 0) is 6.54 Å². The molecule has 4 nitrogen and oxygen atoms in total. The predicted molar refractivity (Wildman–Crippen MR) is 59.6 cm³/mol. The summed E-state index contributed by atoms with van der Waals surface area (Å²) in [6.45, 7) is 0.265. The predicted octanol–water partition coefficient (Wildman–Crippen LogP) is 1.55. The summed E-state index contributed by atoms with van der Waals surface area (Å²) in [7, 11) is 0. The van der Waals surface area contributed by atoms with Crippen LogP contribution in [0.5, 0.6) is 0 Å². The number of amides is 1. The molecule has 17 heavy (non-hydrogen) atoms. The number of hydrogen-bond acceptors (Lipinski definition) is 3. The number of halogens is 1. The summed E-state index contributed by atoms with van der Waals surface area (Å²) in [5.41, 5.74) is 0.700. The first kappa shape index (κ1) is 11.2. The first-order chi connectivity index (χ1) is 8.27. The molecule has 2 rings (SSSR count). The number of pyridine rings is 2. The standard InChI is InChI=1S/C12H10FN3O/c13-11-8-14-6-4-10(11)12(17)16-7-9-3-1-2-5-15-9/h1-6,8H,7H2,(H,16,17). The highest BCUT2D eigenvalue weighted by atomic mass is 19.1. The lowest BCUT2D eigenvalue weighted by Crippen LogP contribution is -2.24. The molecular formula is C12H10FN3O. The number of nitrogens with zero attached hydrogens (tertiary/aromatic N) is 2. The zero-order valence-electron chi connectivity index (χ0n) is 8.93. The number of carbonyl (C=O) groups is 1. The van der Waals surface area contributed by atoms with Crippen molar-refractivity contribution in [3.8, 4) is 0 Å². The van der Waals surface area contributed by atoms with Crippen LogP contribution in [0, 0.1) is 5.82 Å². The maximum atomic E-state index is 13.2. The monoisotopic (exact) mass is 231 g/mol. The average Bonchev–Trinajstić information content (AvgIpc) is 2.38. The summed E-state index contributed by atoms with van der Waals surface area (Å²) in [4.78, 5) is 19.3. The molecule has 0 aliphatic rings.